The molecule has 0 saturated carbocycles. The van der Waals surface area contributed by atoms with Crippen molar-refractivity contribution >= 4 is 60.8 Å². The fourth-order valence-electron chi connectivity index (χ4n) is 5.45. The highest BCUT2D eigenvalue weighted by Gasteiger charge is 2.33. The summed E-state index contributed by atoms with van der Waals surface area (Å²) in [6.45, 7) is 8.91. The minimum Gasteiger partial charge on any atom is -0.293 e. The molecular weight excluding hydrogens is 592 g/mol. The highest BCUT2D eigenvalue weighted by atomic mass is 79.9. The number of aromatic nitrogens is 4. The Morgan fingerprint density at radius 3 is 2.59 bits per heavy atom. The van der Waals surface area contributed by atoms with Gasteiger partial charge in [-0.15, -0.1) is 21.5 Å². The van der Waals surface area contributed by atoms with Gasteiger partial charge in [0.25, 0.3) is 5.56 Å². The van der Waals surface area contributed by atoms with Crippen LogP contribution in [0.4, 0.5) is 0 Å². The summed E-state index contributed by atoms with van der Waals surface area (Å²) in [5.41, 5.74) is 3.76. The molecule has 1 aliphatic carbocycles. The van der Waals surface area contributed by atoms with Crippen LogP contribution in [0.3, 0.4) is 0 Å². The number of benzene rings is 2. The number of Topliss-reactive ketones (excluding diaryl/α,β-unsaturated/α-hetero) is 1. The van der Waals surface area contributed by atoms with Gasteiger partial charge in [0.05, 0.1) is 16.8 Å². The third-order valence-corrected chi connectivity index (χ3v) is 10.5. The molecule has 6 rings (SSSR count). The van der Waals surface area contributed by atoms with Gasteiger partial charge in [-0.1, -0.05) is 78.8 Å². The number of thiophene rings is 1. The number of hydrogen-bond acceptors (Lipinski definition) is 6. The van der Waals surface area contributed by atoms with Crippen molar-refractivity contribution in [3.05, 3.63) is 84.9 Å². The SMILES string of the molecule is Cc1ccccc1-n1c(=O)c2c3c(sc2n2c(SCC(=O)c4ccc(Br)cc4)nnc12)C[C@@H](C(C)(C)C)CC3. The van der Waals surface area contributed by atoms with Crippen LogP contribution in [-0.2, 0) is 12.8 Å². The normalized spacial score (nSPS) is 15.7. The number of halogens is 1. The largest absolute Gasteiger partial charge is 0.293 e. The Kier molecular flexibility index (Phi) is 6.80. The van der Waals surface area contributed by atoms with E-state index >= 15 is 0 Å². The Bertz CT molecular complexity index is 1790. The van der Waals surface area contributed by atoms with Crippen molar-refractivity contribution in [2.75, 3.05) is 5.75 Å². The Hall–Kier alpha value is -2.75. The van der Waals surface area contributed by atoms with Gasteiger partial charge in [0.2, 0.25) is 5.78 Å². The van der Waals surface area contributed by atoms with E-state index in [9.17, 15) is 9.59 Å². The van der Waals surface area contributed by atoms with Crippen LogP contribution in [0.5, 0.6) is 0 Å². The number of aryl methyl sites for hydroxylation is 2. The van der Waals surface area contributed by atoms with Crippen molar-refractivity contribution in [1.82, 2.24) is 19.2 Å². The lowest BCUT2D eigenvalue weighted by Gasteiger charge is -2.33. The number of carbonyl (C=O) groups excluding carboxylic acids is 1. The summed E-state index contributed by atoms with van der Waals surface area (Å²) < 4.78 is 4.63. The molecule has 6 nitrogen and oxygen atoms in total. The van der Waals surface area contributed by atoms with Crippen LogP contribution in [0.25, 0.3) is 21.7 Å². The zero-order valence-corrected chi connectivity index (χ0v) is 25.5. The fourth-order valence-corrected chi connectivity index (χ4v) is 8.02. The molecule has 3 aromatic heterocycles. The van der Waals surface area contributed by atoms with E-state index in [0.717, 1.165) is 45.2 Å². The first-order valence-electron chi connectivity index (χ1n) is 13.1. The lowest BCUT2D eigenvalue weighted by molar-refractivity contribution is 0.102. The number of ketones is 1. The molecule has 3 heterocycles. The van der Waals surface area contributed by atoms with Gasteiger partial charge in [0.15, 0.2) is 10.9 Å². The van der Waals surface area contributed by atoms with Crippen molar-refractivity contribution in [3.63, 3.8) is 0 Å². The smallest absolute Gasteiger partial charge is 0.268 e. The van der Waals surface area contributed by atoms with E-state index in [0.29, 0.717) is 22.4 Å². The highest BCUT2D eigenvalue weighted by Crippen LogP contribution is 2.43. The molecule has 0 aliphatic heterocycles. The van der Waals surface area contributed by atoms with E-state index in [4.69, 9.17) is 0 Å². The number of thioether (sulfide) groups is 1. The number of fused-ring (bicyclic) bond motifs is 5. The number of nitrogens with zero attached hydrogens (tertiary/aromatic N) is 4. The van der Waals surface area contributed by atoms with Crippen LogP contribution >= 0.6 is 39.0 Å². The quantitative estimate of drug-likeness (QED) is 0.152. The molecule has 0 amide bonds. The van der Waals surface area contributed by atoms with E-state index in [2.05, 4.69) is 46.9 Å². The Morgan fingerprint density at radius 1 is 1.13 bits per heavy atom. The van der Waals surface area contributed by atoms with Gasteiger partial charge in [-0.2, -0.15) is 0 Å². The van der Waals surface area contributed by atoms with E-state index in [1.807, 2.05) is 59.9 Å². The standard InChI is InChI=1S/C30H29BrN4O2S2/c1-17-7-5-6-8-22(17)34-26(37)25-21-14-11-19(30(2,3)4)15-24(21)39-27(25)35-28(34)32-33-29(35)38-16-23(36)18-9-12-20(31)13-10-18/h5-10,12-13,19H,11,14-16H2,1-4H3/t19-/m0/s1. The number of carbonyl (C=O) groups is 1. The molecule has 39 heavy (non-hydrogen) atoms. The molecule has 0 unspecified atom stereocenters. The lowest BCUT2D eigenvalue weighted by atomic mass is 9.72. The summed E-state index contributed by atoms with van der Waals surface area (Å²) >= 11 is 6.48. The van der Waals surface area contributed by atoms with Gasteiger partial charge in [-0.3, -0.25) is 9.59 Å². The zero-order valence-electron chi connectivity index (χ0n) is 22.3. The second kappa shape index (κ2) is 10.0. The Balaban J connectivity index is 1.52. The molecule has 9 heteroatoms. The third kappa shape index (κ3) is 4.68. The van der Waals surface area contributed by atoms with Crippen molar-refractivity contribution in [2.24, 2.45) is 11.3 Å². The van der Waals surface area contributed by atoms with Crippen LogP contribution in [0.15, 0.2) is 63.0 Å². The van der Waals surface area contributed by atoms with Gasteiger partial charge in [0, 0.05) is 14.9 Å². The zero-order chi connectivity index (χ0) is 27.5. The van der Waals surface area contributed by atoms with Gasteiger partial charge >= 0.3 is 0 Å². The number of para-hydroxylation sites is 1. The minimum absolute atomic E-state index is 0.0196. The molecule has 0 N–H and O–H groups in total. The molecule has 1 aliphatic rings. The average Bonchev–Trinajstić information content (AvgIpc) is 3.49. The highest BCUT2D eigenvalue weighted by molar-refractivity contribution is 9.10. The van der Waals surface area contributed by atoms with Gasteiger partial charge in [-0.05, 0) is 66.8 Å². The van der Waals surface area contributed by atoms with E-state index < -0.39 is 0 Å². The van der Waals surface area contributed by atoms with Crippen LogP contribution in [0.2, 0.25) is 0 Å². The maximum absolute atomic E-state index is 14.2. The molecule has 0 spiro atoms. The first-order chi connectivity index (χ1) is 18.6. The van der Waals surface area contributed by atoms with Gasteiger partial charge in [-0.25, -0.2) is 8.97 Å². The van der Waals surface area contributed by atoms with Crippen molar-refractivity contribution in [3.8, 4) is 5.69 Å². The first kappa shape index (κ1) is 26.5. The molecule has 200 valence electrons. The maximum atomic E-state index is 14.2. The monoisotopic (exact) mass is 620 g/mol. The molecule has 0 fully saturated rings. The van der Waals surface area contributed by atoms with Crippen molar-refractivity contribution in [1.29, 1.82) is 0 Å². The first-order valence-corrected chi connectivity index (χ1v) is 15.6. The van der Waals surface area contributed by atoms with Crippen molar-refractivity contribution in [2.45, 2.75) is 52.1 Å². The van der Waals surface area contributed by atoms with Crippen LogP contribution in [0.1, 0.15) is 53.6 Å². The summed E-state index contributed by atoms with van der Waals surface area (Å²) in [6, 6.07) is 15.3. The topological polar surface area (TPSA) is 69.3 Å². The summed E-state index contributed by atoms with van der Waals surface area (Å²) in [5, 5.41) is 10.4. The van der Waals surface area contributed by atoms with Crippen molar-refractivity contribution < 1.29 is 4.79 Å². The second-order valence-electron chi connectivity index (χ2n) is 11.3. The van der Waals surface area contributed by atoms with E-state index in [1.165, 1.54) is 22.2 Å². The number of rotatable bonds is 5. The molecule has 5 aromatic rings. The third-order valence-electron chi connectivity index (χ3n) is 7.76. The molecular formula is C30H29BrN4O2S2. The predicted octanol–water partition coefficient (Wildman–Crippen LogP) is 7.29. The summed E-state index contributed by atoms with van der Waals surface area (Å²) in [6.07, 6.45) is 2.92. The molecule has 1 atom stereocenters. The van der Waals surface area contributed by atoms with E-state index in [-0.39, 0.29) is 22.5 Å². The van der Waals surface area contributed by atoms with E-state index in [1.54, 1.807) is 15.9 Å². The summed E-state index contributed by atoms with van der Waals surface area (Å²) in [5.74, 6) is 1.29. The lowest BCUT2D eigenvalue weighted by Crippen LogP contribution is -2.27. The molecule has 2 aromatic carbocycles. The minimum atomic E-state index is -0.0478. The molecule has 0 bridgehead atoms. The van der Waals surface area contributed by atoms with Gasteiger partial charge in [0.1, 0.15) is 4.83 Å². The number of hydrogen-bond donors (Lipinski definition) is 0. The summed E-state index contributed by atoms with van der Waals surface area (Å²) in [7, 11) is 0. The molecule has 0 saturated heterocycles. The molecule has 0 radical (unpaired) electrons. The Morgan fingerprint density at radius 2 is 1.87 bits per heavy atom. The predicted molar refractivity (Wildman–Crippen MR) is 163 cm³/mol. The van der Waals surface area contributed by atoms with Gasteiger partial charge < -0.3 is 0 Å². The van der Waals surface area contributed by atoms with Crippen LogP contribution < -0.4 is 5.56 Å². The fraction of sp³-hybridized carbons (Fsp3) is 0.333. The maximum Gasteiger partial charge on any atom is 0.268 e. The average molecular weight is 622 g/mol. The summed E-state index contributed by atoms with van der Waals surface area (Å²) in [4.78, 5) is 29.4. The Labute approximate surface area is 243 Å². The van der Waals surface area contributed by atoms with Crippen LogP contribution in [0, 0.1) is 18.3 Å². The second-order valence-corrected chi connectivity index (χ2v) is 14.2. The van der Waals surface area contributed by atoms with Crippen LogP contribution in [-0.4, -0.2) is 30.7 Å².